The number of nitro benzene ring substituents is 1. The van der Waals surface area contributed by atoms with E-state index < -0.39 is 27.4 Å². The van der Waals surface area contributed by atoms with Crippen LogP contribution < -0.4 is 5.32 Å². The van der Waals surface area contributed by atoms with Gasteiger partial charge in [-0.25, -0.2) is 4.39 Å². The van der Waals surface area contributed by atoms with Gasteiger partial charge >= 0.3 is 0 Å². The number of hydrogen-bond acceptors (Lipinski definition) is 3. The highest BCUT2D eigenvalue weighted by atomic mass is 35.5. The van der Waals surface area contributed by atoms with E-state index in [9.17, 15) is 19.3 Å². The molecule has 0 aliphatic rings. The molecule has 0 bridgehead atoms. The molecule has 1 amide bonds. The van der Waals surface area contributed by atoms with Crippen molar-refractivity contribution in [3.63, 3.8) is 0 Å². The second kappa shape index (κ2) is 5.09. The Kier molecular flexibility index (Phi) is 4.01. The van der Waals surface area contributed by atoms with E-state index >= 15 is 0 Å². The number of nitrogens with one attached hydrogen (secondary N) is 1. The zero-order chi connectivity index (χ0) is 13.2. The Morgan fingerprint density at radius 2 is 2.12 bits per heavy atom. The van der Waals surface area contributed by atoms with Gasteiger partial charge in [-0.15, -0.1) is 0 Å². The molecule has 0 radical (unpaired) electrons. The Morgan fingerprint density at radius 3 is 2.59 bits per heavy atom. The normalized spacial score (nSPS) is 10.4. The Hall–Kier alpha value is -1.69. The third-order valence-corrected chi connectivity index (χ3v) is 2.42. The second-order valence-corrected chi connectivity index (χ2v) is 4.03. The first kappa shape index (κ1) is 13.4. The number of nitro groups is 1. The van der Waals surface area contributed by atoms with Gasteiger partial charge in [-0.05, 0) is 6.07 Å². The SMILES string of the molecule is CC(C)C(=O)Nc1c(F)ccc([N+](=O)[O-])c1Cl. The van der Waals surface area contributed by atoms with Crippen LogP contribution in [0.5, 0.6) is 0 Å². The van der Waals surface area contributed by atoms with Gasteiger partial charge in [0.2, 0.25) is 5.91 Å². The molecule has 7 heteroatoms. The van der Waals surface area contributed by atoms with Crippen molar-refractivity contribution in [2.24, 2.45) is 5.92 Å². The van der Waals surface area contributed by atoms with Crippen LogP contribution in [0.4, 0.5) is 15.8 Å². The Labute approximate surface area is 102 Å². The van der Waals surface area contributed by atoms with E-state index in [-0.39, 0.29) is 11.6 Å². The lowest BCUT2D eigenvalue weighted by Crippen LogP contribution is -2.19. The molecule has 1 N–H and O–H groups in total. The quantitative estimate of drug-likeness (QED) is 0.671. The van der Waals surface area contributed by atoms with Crippen molar-refractivity contribution in [3.05, 3.63) is 33.1 Å². The first-order chi connectivity index (χ1) is 7.84. The molecule has 0 spiro atoms. The second-order valence-electron chi connectivity index (χ2n) is 3.66. The molecular formula is C10H10ClFN2O3. The maximum absolute atomic E-state index is 13.4. The van der Waals surface area contributed by atoms with Crippen molar-refractivity contribution in [1.82, 2.24) is 0 Å². The maximum Gasteiger partial charge on any atom is 0.290 e. The highest BCUT2D eigenvalue weighted by Gasteiger charge is 2.21. The van der Waals surface area contributed by atoms with Crippen LogP contribution in [0.1, 0.15) is 13.8 Å². The molecule has 0 aliphatic carbocycles. The van der Waals surface area contributed by atoms with Crippen molar-refractivity contribution in [2.45, 2.75) is 13.8 Å². The van der Waals surface area contributed by atoms with E-state index in [0.29, 0.717) is 0 Å². The van der Waals surface area contributed by atoms with Gasteiger partial charge < -0.3 is 5.32 Å². The molecule has 17 heavy (non-hydrogen) atoms. The van der Waals surface area contributed by atoms with Crippen molar-refractivity contribution in [1.29, 1.82) is 0 Å². The van der Waals surface area contributed by atoms with Gasteiger partial charge in [0.15, 0.2) is 0 Å². The number of hydrogen-bond donors (Lipinski definition) is 1. The lowest BCUT2D eigenvalue weighted by Gasteiger charge is -2.10. The Bertz CT molecular complexity index is 477. The fraction of sp³-hybridized carbons (Fsp3) is 0.300. The predicted molar refractivity (Wildman–Crippen MR) is 61.5 cm³/mol. The summed E-state index contributed by atoms with van der Waals surface area (Å²) in [5.41, 5.74) is -0.813. The van der Waals surface area contributed by atoms with Gasteiger partial charge in [-0.1, -0.05) is 25.4 Å². The van der Waals surface area contributed by atoms with Crippen molar-refractivity contribution in [3.8, 4) is 0 Å². The first-order valence-electron chi connectivity index (χ1n) is 4.77. The van der Waals surface area contributed by atoms with Gasteiger partial charge in [0.05, 0.1) is 4.92 Å². The van der Waals surface area contributed by atoms with E-state index in [1.54, 1.807) is 13.8 Å². The smallest absolute Gasteiger partial charge is 0.290 e. The average Bonchev–Trinajstić information content (AvgIpc) is 2.22. The van der Waals surface area contributed by atoms with Crippen LogP contribution in [0, 0.1) is 21.8 Å². The molecule has 0 saturated heterocycles. The molecule has 0 fully saturated rings. The third-order valence-electron chi connectivity index (χ3n) is 2.04. The van der Waals surface area contributed by atoms with Crippen LogP contribution in [-0.2, 0) is 4.79 Å². The third kappa shape index (κ3) is 2.91. The molecule has 0 unspecified atom stereocenters. The van der Waals surface area contributed by atoms with Crippen LogP contribution in [0.15, 0.2) is 12.1 Å². The molecule has 1 aromatic carbocycles. The van der Waals surface area contributed by atoms with E-state index in [1.165, 1.54) is 0 Å². The highest BCUT2D eigenvalue weighted by Crippen LogP contribution is 2.34. The summed E-state index contributed by atoms with van der Waals surface area (Å²) in [6, 6.07) is 1.84. The van der Waals surface area contributed by atoms with Crippen LogP contribution in [0.2, 0.25) is 5.02 Å². The lowest BCUT2D eigenvalue weighted by molar-refractivity contribution is -0.384. The van der Waals surface area contributed by atoms with Crippen LogP contribution in [0.3, 0.4) is 0 Å². The van der Waals surface area contributed by atoms with E-state index in [1.807, 2.05) is 0 Å². The largest absolute Gasteiger partial charge is 0.322 e. The van der Waals surface area contributed by atoms with Gasteiger partial charge in [-0.3, -0.25) is 14.9 Å². The molecule has 0 heterocycles. The van der Waals surface area contributed by atoms with Gasteiger partial charge in [0.1, 0.15) is 16.5 Å². The van der Waals surface area contributed by atoms with E-state index in [4.69, 9.17) is 11.6 Å². The fourth-order valence-electron chi connectivity index (χ4n) is 1.06. The van der Waals surface area contributed by atoms with Crippen molar-refractivity contribution >= 4 is 28.9 Å². The number of anilines is 1. The van der Waals surface area contributed by atoms with Crippen molar-refractivity contribution < 1.29 is 14.1 Å². The predicted octanol–water partition coefficient (Wildman–Crippen LogP) is 2.98. The monoisotopic (exact) mass is 260 g/mol. The van der Waals surface area contributed by atoms with Crippen LogP contribution in [0.25, 0.3) is 0 Å². The first-order valence-corrected chi connectivity index (χ1v) is 5.15. The van der Waals surface area contributed by atoms with Crippen LogP contribution in [-0.4, -0.2) is 10.8 Å². The number of amides is 1. The lowest BCUT2D eigenvalue weighted by atomic mass is 10.2. The zero-order valence-corrected chi connectivity index (χ0v) is 9.92. The summed E-state index contributed by atoms with van der Waals surface area (Å²) in [7, 11) is 0. The molecule has 1 rings (SSSR count). The summed E-state index contributed by atoms with van der Waals surface area (Å²) >= 11 is 5.66. The summed E-state index contributed by atoms with van der Waals surface area (Å²) in [5.74, 6) is -1.66. The number of halogens is 2. The molecule has 92 valence electrons. The topological polar surface area (TPSA) is 72.2 Å². The minimum Gasteiger partial charge on any atom is -0.322 e. The Balaban J connectivity index is 3.19. The van der Waals surface area contributed by atoms with E-state index in [0.717, 1.165) is 12.1 Å². The molecule has 0 aromatic heterocycles. The van der Waals surface area contributed by atoms with E-state index in [2.05, 4.69) is 5.32 Å². The summed E-state index contributed by atoms with van der Waals surface area (Å²) in [6.45, 7) is 3.22. The average molecular weight is 261 g/mol. The number of carbonyl (C=O) groups excluding carboxylic acids is 1. The molecular weight excluding hydrogens is 251 g/mol. The van der Waals surface area contributed by atoms with Crippen molar-refractivity contribution in [2.75, 3.05) is 5.32 Å². The number of nitrogens with zero attached hydrogens (tertiary/aromatic N) is 1. The summed E-state index contributed by atoms with van der Waals surface area (Å²) < 4.78 is 13.4. The highest BCUT2D eigenvalue weighted by molar-refractivity contribution is 6.35. The Morgan fingerprint density at radius 1 is 1.53 bits per heavy atom. The maximum atomic E-state index is 13.4. The molecule has 5 nitrogen and oxygen atoms in total. The van der Waals surface area contributed by atoms with Gasteiger partial charge in [0.25, 0.3) is 5.69 Å². The number of carbonyl (C=O) groups is 1. The number of benzene rings is 1. The molecule has 1 aromatic rings. The fourth-order valence-corrected chi connectivity index (χ4v) is 1.33. The van der Waals surface area contributed by atoms with Gasteiger partial charge in [-0.2, -0.15) is 0 Å². The zero-order valence-electron chi connectivity index (χ0n) is 9.16. The molecule has 0 aliphatic heterocycles. The minimum atomic E-state index is -0.811. The molecule has 0 saturated carbocycles. The van der Waals surface area contributed by atoms with Crippen LogP contribution >= 0.6 is 11.6 Å². The minimum absolute atomic E-state index is 0.362. The van der Waals surface area contributed by atoms with Gasteiger partial charge in [0, 0.05) is 12.0 Å². The number of rotatable bonds is 3. The summed E-state index contributed by atoms with van der Waals surface area (Å²) in [4.78, 5) is 21.2. The standard InChI is InChI=1S/C10H10ClFN2O3/c1-5(2)10(15)13-9-6(12)3-4-7(8(9)11)14(16)17/h3-5H,1-2H3,(H,13,15). The molecule has 0 atom stereocenters. The summed E-state index contributed by atoms with van der Waals surface area (Å²) in [5, 5.41) is 12.4. The summed E-state index contributed by atoms with van der Waals surface area (Å²) in [6.07, 6.45) is 0.